The minimum Gasteiger partial charge on any atom is -0.325 e. The van der Waals surface area contributed by atoms with Crippen LogP contribution in [0.4, 0.5) is 18.9 Å². The summed E-state index contributed by atoms with van der Waals surface area (Å²) in [5.74, 6) is -4.09. The van der Waals surface area contributed by atoms with Crippen molar-refractivity contribution >= 4 is 11.6 Å². The van der Waals surface area contributed by atoms with Gasteiger partial charge in [-0.25, -0.2) is 13.2 Å². The molecule has 0 heterocycles. The summed E-state index contributed by atoms with van der Waals surface area (Å²) >= 11 is 0. The van der Waals surface area contributed by atoms with Crippen LogP contribution in [0.5, 0.6) is 0 Å². The molecular formula is C13H15F3N2O. The number of rotatable bonds is 3. The van der Waals surface area contributed by atoms with Crippen molar-refractivity contribution in [3.05, 3.63) is 29.6 Å². The van der Waals surface area contributed by atoms with Crippen LogP contribution in [-0.4, -0.2) is 11.4 Å². The van der Waals surface area contributed by atoms with Gasteiger partial charge in [-0.05, 0) is 12.8 Å². The molecule has 0 unspecified atom stereocenters. The van der Waals surface area contributed by atoms with E-state index in [2.05, 4.69) is 5.32 Å². The first-order chi connectivity index (χ1) is 8.89. The van der Waals surface area contributed by atoms with E-state index in [1.54, 1.807) is 0 Å². The first-order valence-electron chi connectivity index (χ1n) is 6.13. The summed E-state index contributed by atoms with van der Waals surface area (Å²) in [6, 6.07) is 1.17. The molecule has 19 heavy (non-hydrogen) atoms. The zero-order chi connectivity index (χ0) is 14.0. The van der Waals surface area contributed by atoms with E-state index in [4.69, 9.17) is 5.73 Å². The standard InChI is InChI=1S/C13H15F3N2O/c14-8-5-9(15)12(16)10(6-8)18-11(19)7-13(17)3-1-2-4-13/h5-6H,1-4,7,17H2,(H,18,19). The predicted octanol–water partition coefficient (Wildman–Crippen LogP) is 2.70. The maximum absolute atomic E-state index is 13.4. The fraction of sp³-hybridized carbons (Fsp3) is 0.462. The highest BCUT2D eigenvalue weighted by Crippen LogP contribution is 2.30. The van der Waals surface area contributed by atoms with Crippen LogP contribution in [0.3, 0.4) is 0 Å². The molecule has 0 radical (unpaired) electrons. The van der Waals surface area contributed by atoms with Crippen molar-refractivity contribution in [3.63, 3.8) is 0 Å². The van der Waals surface area contributed by atoms with Crippen LogP contribution in [0, 0.1) is 17.5 Å². The number of hydrogen-bond donors (Lipinski definition) is 2. The lowest BCUT2D eigenvalue weighted by molar-refractivity contribution is -0.117. The molecule has 1 aromatic rings. The summed E-state index contributed by atoms with van der Waals surface area (Å²) in [5.41, 5.74) is 4.92. The van der Waals surface area contributed by atoms with Gasteiger partial charge in [-0.2, -0.15) is 0 Å². The number of nitrogens with two attached hydrogens (primary N) is 1. The third kappa shape index (κ3) is 3.26. The van der Waals surface area contributed by atoms with E-state index in [0.717, 1.165) is 31.7 Å². The van der Waals surface area contributed by atoms with E-state index in [1.807, 2.05) is 0 Å². The number of amides is 1. The topological polar surface area (TPSA) is 55.1 Å². The molecule has 1 saturated carbocycles. The van der Waals surface area contributed by atoms with Crippen LogP contribution < -0.4 is 11.1 Å². The summed E-state index contributed by atoms with van der Waals surface area (Å²) in [7, 11) is 0. The SMILES string of the molecule is NC1(CC(=O)Nc2cc(F)cc(F)c2F)CCCC1. The molecule has 6 heteroatoms. The zero-order valence-electron chi connectivity index (χ0n) is 10.3. The Bertz CT molecular complexity index is 499. The van der Waals surface area contributed by atoms with Gasteiger partial charge in [0.25, 0.3) is 0 Å². The van der Waals surface area contributed by atoms with Crippen LogP contribution >= 0.6 is 0 Å². The van der Waals surface area contributed by atoms with Gasteiger partial charge in [0.1, 0.15) is 5.82 Å². The van der Waals surface area contributed by atoms with Crippen molar-refractivity contribution in [2.45, 2.75) is 37.6 Å². The normalized spacial score (nSPS) is 17.5. The number of halogens is 3. The third-order valence-electron chi connectivity index (χ3n) is 3.38. The van der Waals surface area contributed by atoms with Crippen molar-refractivity contribution in [1.82, 2.24) is 0 Å². The van der Waals surface area contributed by atoms with Gasteiger partial charge < -0.3 is 11.1 Å². The van der Waals surface area contributed by atoms with E-state index >= 15 is 0 Å². The number of carbonyl (C=O) groups is 1. The van der Waals surface area contributed by atoms with Crippen molar-refractivity contribution in [1.29, 1.82) is 0 Å². The molecule has 0 spiro atoms. The van der Waals surface area contributed by atoms with E-state index in [1.165, 1.54) is 0 Å². The van der Waals surface area contributed by atoms with Gasteiger partial charge in [-0.1, -0.05) is 12.8 Å². The number of hydrogen-bond acceptors (Lipinski definition) is 2. The fourth-order valence-corrected chi connectivity index (χ4v) is 2.42. The van der Waals surface area contributed by atoms with E-state index in [-0.39, 0.29) is 6.42 Å². The van der Waals surface area contributed by atoms with Gasteiger partial charge in [-0.15, -0.1) is 0 Å². The van der Waals surface area contributed by atoms with Crippen LogP contribution in [0.1, 0.15) is 32.1 Å². The Hall–Kier alpha value is -1.56. The molecule has 0 aliphatic heterocycles. The largest absolute Gasteiger partial charge is 0.325 e. The summed E-state index contributed by atoms with van der Waals surface area (Å²) in [6.07, 6.45) is 3.37. The maximum atomic E-state index is 13.4. The molecule has 3 N–H and O–H groups in total. The lowest BCUT2D eigenvalue weighted by atomic mass is 9.94. The maximum Gasteiger partial charge on any atom is 0.226 e. The van der Waals surface area contributed by atoms with Crippen LogP contribution in [0.2, 0.25) is 0 Å². The van der Waals surface area contributed by atoms with Crippen molar-refractivity contribution in [2.24, 2.45) is 5.73 Å². The minimum absolute atomic E-state index is 0.0184. The molecule has 0 saturated heterocycles. The van der Waals surface area contributed by atoms with Crippen molar-refractivity contribution in [2.75, 3.05) is 5.32 Å². The molecule has 1 fully saturated rings. The Morgan fingerprint density at radius 3 is 2.53 bits per heavy atom. The lowest BCUT2D eigenvalue weighted by Crippen LogP contribution is -2.40. The monoisotopic (exact) mass is 272 g/mol. The van der Waals surface area contributed by atoms with Gasteiger partial charge in [0.2, 0.25) is 5.91 Å². The van der Waals surface area contributed by atoms with E-state index in [0.29, 0.717) is 6.07 Å². The van der Waals surface area contributed by atoms with Crippen molar-refractivity contribution in [3.8, 4) is 0 Å². The van der Waals surface area contributed by atoms with E-state index in [9.17, 15) is 18.0 Å². The second kappa shape index (κ2) is 5.21. The molecule has 0 aromatic heterocycles. The van der Waals surface area contributed by atoms with Crippen LogP contribution in [0.15, 0.2) is 12.1 Å². The summed E-state index contributed by atoms with van der Waals surface area (Å²) in [4.78, 5) is 11.7. The van der Waals surface area contributed by atoms with Gasteiger partial charge in [0.15, 0.2) is 11.6 Å². The number of carbonyl (C=O) groups excluding carboxylic acids is 1. The molecule has 2 rings (SSSR count). The molecule has 1 aromatic carbocycles. The Kier molecular flexibility index (Phi) is 3.80. The average Bonchev–Trinajstić information content (AvgIpc) is 2.71. The molecule has 1 aliphatic carbocycles. The van der Waals surface area contributed by atoms with Gasteiger partial charge in [0, 0.05) is 24.1 Å². The van der Waals surface area contributed by atoms with Crippen molar-refractivity contribution < 1.29 is 18.0 Å². The fourth-order valence-electron chi connectivity index (χ4n) is 2.42. The molecular weight excluding hydrogens is 257 g/mol. The number of anilines is 1. The molecule has 3 nitrogen and oxygen atoms in total. The van der Waals surface area contributed by atoms with Gasteiger partial charge in [-0.3, -0.25) is 4.79 Å². The minimum atomic E-state index is -1.33. The molecule has 0 bridgehead atoms. The highest BCUT2D eigenvalue weighted by atomic mass is 19.2. The molecule has 104 valence electrons. The van der Waals surface area contributed by atoms with E-state index < -0.39 is 34.6 Å². The Balaban J connectivity index is 2.07. The highest BCUT2D eigenvalue weighted by molar-refractivity contribution is 5.91. The summed E-state index contributed by atoms with van der Waals surface area (Å²) in [6.45, 7) is 0. The Morgan fingerprint density at radius 2 is 1.89 bits per heavy atom. The molecule has 0 atom stereocenters. The second-order valence-electron chi connectivity index (χ2n) is 5.04. The lowest BCUT2D eigenvalue weighted by Gasteiger charge is -2.22. The third-order valence-corrected chi connectivity index (χ3v) is 3.38. The summed E-state index contributed by atoms with van der Waals surface area (Å²) in [5, 5.41) is 2.17. The highest BCUT2D eigenvalue weighted by Gasteiger charge is 2.32. The van der Waals surface area contributed by atoms with Gasteiger partial charge >= 0.3 is 0 Å². The number of benzene rings is 1. The van der Waals surface area contributed by atoms with Crippen LogP contribution in [-0.2, 0) is 4.79 Å². The number of nitrogens with one attached hydrogen (secondary N) is 1. The first kappa shape index (κ1) is 13.9. The zero-order valence-corrected chi connectivity index (χ0v) is 10.3. The first-order valence-corrected chi connectivity index (χ1v) is 6.13. The Labute approximate surface area is 109 Å². The quantitative estimate of drug-likeness (QED) is 0.831. The molecule has 1 amide bonds. The average molecular weight is 272 g/mol. The summed E-state index contributed by atoms with van der Waals surface area (Å²) < 4.78 is 39.3. The van der Waals surface area contributed by atoms with Crippen LogP contribution in [0.25, 0.3) is 0 Å². The Morgan fingerprint density at radius 1 is 1.26 bits per heavy atom. The predicted molar refractivity (Wildman–Crippen MR) is 64.9 cm³/mol. The smallest absolute Gasteiger partial charge is 0.226 e. The second-order valence-corrected chi connectivity index (χ2v) is 5.04. The van der Waals surface area contributed by atoms with Gasteiger partial charge in [0.05, 0.1) is 5.69 Å². The molecule has 1 aliphatic rings.